The minimum absolute atomic E-state index is 0.0289. The summed E-state index contributed by atoms with van der Waals surface area (Å²) in [6, 6.07) is 0. The summed E-state index contributed by atoms with van der Waals surface area (Å²) < 4.78 is 58.8. The number of carbonyl (C=O) groups excluding carboxylic acids is 1. The number of aliphatic hydroxyl groups excluding tert-OH is 1. The SMILES string of the molecule is CCCCCCCCCCCCCCCCOCC(COP(=O)(O)OC[C@@]1(CCl)O[C@@H](n2cnc3c(N(C)C)nc(C)nc32)[C@H](F)[C@@H]1O)OC(=O)CCCCCCCCCCCCCCC. The van der Waals surface area contributed by atoms with Crippen LogP contribution in [0.3, 0.4) is 0 Å². The zero-order valence-electron chi connectivity index (χ0n) is 41.4. The van der Waals surface area contributed by atoms with Crippen LogP contribution >= 0.6 is 19.4 Å². The highest BCUT2D eigenvalue weighted by molar-refractivity contribution is 7.47. The van der Waals surface area contributed by atoms with Crippen molar-refractivity contribution < 1.29 is 47.0 Å². The molecule has 0 aromatic carbocycles. The van der Waals surface area contributed by atoms with E-state index in [1.807, 2.05) is 0 Å². The molecule has 1 saturated heterocycles. The number of halogens is 2. The Hall–Kier alpha value is -1.97. The maximum absolute atomic E-state index is 15.9. The van der Waals surface area contributed by atoms with Crippen molar-refractivity contribution in [2.24, 2.45) is 0 Å². The van der Waals surface area contributed by atoms with Gasteiger partial charge in [-0.1, -0.05) is 174 Å². The molecule has 1 fully saturated rings. The molecule has 3 heterocycles. The average molecular weight is 977 g/mol. The van der Waals surface area contributed by atoms with Crippen molar-refractivity contribution in [1.82, 2.24) is 19.5 Å². The van der Waals surface area contributed by atoms with Gasteiger partial charge in [-0.3, -0.25) is 18.4 Å². The molecule has 66 heavy (non-hydrogen) atoms. The summed E-state index contributed by atoms with van der Waals surface area (Å²) >= 11 is 6.27. The van der Waals surface area contributed by atoms with Crippen LogP contribution in [0.4, 0.5) is 10.2 Å². The summed E-state index contributed by atoms with van der Waals surface area (Å²) in [5.74, 6) is 0.00540. The first-order valence-electron chi connectivity index (χ1n) is 25.7. The lowest BCUT2D eigenvalue weighted by molar-refractivity contribution is -0.155. The monoisotopic (exact) mass is 976 g/mol. The second kappa shape index (κ2) is 33.5. The maximum Gasteiger partial charge on any atom is 0.472 e. The Kier molecular flexibility index (Phi) is 29.7. The molecular formula is C49H88ClFN5O9P. The van der Waals surface area contributed by atoms with Crippen LogP contribution in [0, 0.1) is 6.92 Å². The smallest absolute Gasteiger partial charge is 0.457 e. The van der Waals surface area contributed by atoms with Gasteiger partial charge in [0.1, 0.15) is 23.6 Å². The van der Waals surface area contributed by atoms with Gasteiger partial charge in [0.2, 0.25) is 0 Å². The van der Waals surface area contributed by atoms with Crippen molar-refractivity contribution in [3.63, 3.8) is 0 Å². The van der Waals surface area contributed by atoms with Gasteiger partial charge in [-0.25, -0.2) is 23.9 Å². The molecule has 1 aliphatic rings. The van der Waals surface area contributed by atoms with Crippen LogP contribution < -0.4 is 4.90 Å². The number of nitrogens with zero attached hydrogens (tertiary/aromatic N) is 5. The highest BCUT2D eigenvalue weighted by atomic mass is 35.5. The number of hydrogen-bond acceptors (Lipinski definition) is 12. The lowest BCUT2D eigenvalue weighted by atomic mass is 9.99. The fourth-order valence-electron chi connectivity index (χ4n) is 8.47. The fraction of sp³-hybridized carbons (Fsp3) is 0.878. The maximum atomic E-state index is 15.9. The van der Waals surface area contributed by atoms with Gasteiger partial charge < -0.3 is 29.1 Å². The number of esters is 1. The van der Waals surface area contributed by atoms with Crippen LogP contribution in [-0.2, 0) is 32.6 Å². The summed E-state index contributed by atoms with van der Waals surface area (Å²) in [5.41, 5.74) is -1.27. The molecular weight excluding hydrogens is 888 g/mol. The average Bonchev–Trinajstić information content (AvgIpc) is 3.82. The van der Waals surface area contributed by atoms with Gasteiger partial charge in [0, 0.05) is 27.1 Å². The molecule has 6 atom stereocenters. The Labute approximate surface area is 401 Å². The van der Waals surface area contributed by atoms with E-state index in [9.17, 15) is 19.4 Å². The van der Waals surface area contributed by atoms with E-state index in [2.05, 4.69) is 28.8 Å². The van der Waals surface area contributed by atoms with Gasteiger partial charge >= 0.3 is 13.8 Å². The van der Waals surface area contributed by atoms with E-state index >= 15 is 4.39 Å². The number of phosphoric ester groups is 1. The molecule has 2 aromatic rings. The number of unbranched alkanes of at least 4 members (excludes halogenated alkanes) is 25. The second-order valence-corrected chi connectivity index (χ2v) is 20.4. The highest BCUT2D eigenvalue weighted by Gasteiger charge is 2.57. The molecule has 0 aliphatic carbocycles. The van der Waals surface area contributed by atoms with Crippen LogP contribution in [0.2, 0.25) is 0 Å². The van der Waals surface area contributed by atoms with Crippen LogP contribution in [0.25, 0.3) is 11.2 Å². The Morgan fingerprint density at radius 2 is 1.32 bits per heavy atom. The molecule has 2 N–H and O–H groups in total. The van der Waals surface area contributed by atoms with Gasteiger partial charge in [0.05, 0.1) is 32.0 Å². The molecule has 382 valence electrons. The number of hydrogen-bond donors (Lipinski definition) is 2. The van der Waals surface area contributed by atoms with E-state index in [1.54, 1.807) is 25.9 Å². The molecule has 0 amide bonds. The lowest BCUT2D eigenvalue weighted by Crippen LogP contribution is -2.47. The van der Waals surface area contributed by atoms with E-state index in [-0.39, 0.29) is 18.7 Å². The summed E-state index contributed by atoms with van der Waals surface area (Å²) in [6.07, 6.45) is 28.2. The number of alkyl halides is 2. The van der Waals surface area contributed by atoms with Crippen molar-refractivity contribution >= 4 is 42.4 Å². The third-order valence-corrected chi connectivity index (χ3v) is 13.9. The highest BCUT2D eigenvalue weighted by Crippen LogP contribution is 2.48. The standard InChI is InChI=1S/C49H88ClFN5O9P/c1-6-8-10-12-14-16-18-20-22-24-26-28-30-32-34-61-35-41(64-42(57)33-31-29-27-25-23-21-19-17-15-13-11-9-7-2)36-62-66(59,60)63-38-49(37-50)45(58)43(51)48(65-49)56-39-52-44-46(55(4)5)53-40(3)54-47(44)56/h39,41,43,45,48,58H,6-38H2,1-5H3,(H,59,60)/t41?,43-,45+,48-,49-/m1/s1. The summed E-state index contributed by atoms with van der Waals surface area (Å²) in [6.45, 7) is 5.33. The van der Waals surface area contributed by atoms with Crippen LogP contribution in [0.1, 0.15) is 206 Å². The quantitative estimate of drug-likeness (QED) is 0.0280. The summed E-state index contributed by atoms with van der Waals surface area (Å²) in [7, 11) is -1.29. The largest absolute Gasteiger partial charge is 0.472 e. The van der Waals surface area contributed by atoms with Crippen molar-refractivity contribution in [2.45, 2.75) is 231 Å². The third-order valence-electron chi connectivity index (χ3n) is 12.5. The predicted molar refractivity (Wildman–Crippen MR) is 262 cm³/mol. The number of phosphoric acid groups is 1. The van der Waals surface area contributed by atoms with Crippen molar-refractivity contribution in [1.29, 1.82) is 0 Å². The molecule has 0 saturated carbocycles. The van der Waals surface area contributed by atoms with E-state index in [4.69, 9.17) is 34.9 Å². The zero-order valence-corrected chi connectivity index (χ0v) is 43.1. The number of ether oxygens (including phenoxy) is 3. The Bertz CT molecular complexity index is 1650. The van der Waals surface area contributed by atoms with Crippen LogP contribution in [0.5, 0.6) is 0 Å². The second-order valence-electron chi connectivity index (χ2n) is 18.7. The number of imidazole rings is 1. The molecule has 2 aromatic heterocycles. The van der Waals surface area contributed by atoms with Gasteiger partial charge in [-0.2, -0.15) is 0 Å². The molecule has 0 bridgehead atoms. The Morgan fingerprint density at radius 1 is 0.818 bits per heavy atom. The van der Waals surface area contributed by atoms with Gasteiger partial charge in [-0.05, 0) is 19.8 Å². The number of rotatable bonds is 41. The fourth-order valence-corrected chi connectivity index (χ4v) is 9.58. The van der Waals surface area contributed by atoms with Crippen molar-refractivity contribution in [3.8, 4) is 0 Å². The number of anilines is 1. The lowest BCUT2D eigenvalue weighted by Gasteiger charge is -2.30. The number of aryl methyl sites for hydroxylation is 1. The number of fused-ring (bicyclic) bond motifs is 1. The minimum atomic E-state index is -4.88. The van der Waals surface area contributed by atoms with Gasteiger partial charge in [0.25, 0.3) is 0 Å². The summed E-state index contributed by atoms with van der Waals surface area (Å²) in [5, 5.41) is 11.1. The molecule has 1 aliphatic heterocycles. The molecule has 14 nitrogen and oxygen atoms in total. The number of aliphatic hydroxyl groups is 1. The topological polar surface area (TPSA) is 168 Å². The van der Waals surface area contributed by atoms with E-state index < -0.39 is 63.1 Å². The Morgan fingerprint density at radius 3 is 1.82 bits per heavy atom. The van der Waals surface area contributed by atoms with Crippen molar-refractivity contribution in [2.75, 3.05) is 51.3 Å². The number of aromatic nitrogens is 4. The van der Waals surface area contributed by atoms with E-state index in [0.717, 1.165) is 38.5 Å². The normalized spacial score (nSPS) is 20.0. The van der Waals surface area contributed by atoms with Crippen molar-refractivity contribution in [3.05, 3.63) is 12.2 Å². The molecule has 17 heteroatoms. The van der Waals surface area contributed by atoms with Gasteiger partial charge in [-0.15, -0.1) is 11.6 Å². The molecule has 0 radical (unpaired) electrons. The third kappa shape index (κ3) is 21.8. The Balaban J connectivity index is 1.47. The zero-order chi connectivity index (χ0) is 48.0. The van der Waals surface area contributed by atoms with E-state index in [0.29, 0.717) is 30.2 Å². The molecule has 3 rings (SSSR count). The van der Waals surface area contributed by atoms with E-state index in [1.165, 1.54) is 139 Å². The first-order chi connectivity index (χ1) is 31.9. The predicted octanol–water partition coefficient (Wildman–Crippen LogP) is 12.4. The first kappa shape index (κ1) is 58.3. The first-order valence-corrected chi connectivity index (χ1v) is 27.7. The number of carbonyl (C=O) groups is 1. The summed E-state index contributed by atoms with van der Waals surface area (Å²) in [4.78, 5) is 38.7. The van der Waals surface area contributed by atoms with Crippen LogP contribution in [-0.4, -0.2) is 106 Å². The van der Waals surface area contributed by atoms with Crippen LogP contribution in [0.15, 0.2) is 6.33 Å². The van der Waals surface area contributed by atoms with Gasteiger partial charge in [0.15, 0.2) is 29.4 Å². The minimum Gasteiger partial charge on any atom is -0.457 e. The molecule has 0 spiro atoms. The molecule has 2 unspecified atom stereocenters.